The van der Waals surface area contributed by atoms with Crippen molar-refractivity contribution in [3.63, 3.8) is 0 Å². The standard InChI is InChI=1S/C24H20F3N3O2S/c1-14-15(2)33-23(30-22(31)18-6-5-13-32-18)20(14)21(29-19-7-3-4-12-28-19)16-8-10-17(11-9-16)24(25,26)27/h3-13,21H,1-2H3,(H,28,29)(H,30,31). The lowest BCUT2D eigenvalue weighted by Gasteiger charge is -2.22. The van der Waals surface area contributed by atoms with Crippen molar-refractivity contribution in [3.05, 3.63) is 99.9 Å². The van der Waals surface area contributed by atoms with E-state index in [1.54, 1.807) is 30.5 Å². The summed E-state index contributed by atoms with van der Waals surface area (Å²) in [4.78, 5) is 17.9. The molecule has 0 saturated heterocycles. The van der Waals surface area contributed by atoms with Gasteiger partial charge in [-0.3, -0.25) is 4.79 Å². The zero-order valence-electron chi connectivity index (χ0n) is 17.7. The first-order valence-electron chi connectivity index (χ1n) is 10.0. The average molecular weight is 472 g/mol. The molecule has 0 aliphatic heterocycles. The van der Waals surface area contributed by atoms with E-state index < -0.39 is 23.7 Å². The molecule has 0 saturated carbocycles. The number of anilines is 2. The summed E-state index contributed by atoms with van der Waals surface area (Å²) in [5.74, 6) is 0.300. The molecule has 0 fully saturated rings. The average Bonchev–Trinajstić information content (AvgIpc) is 3.42. The lowest BCUT2D eigenvalue weighted by atomic mass is 9.95. The van der Waals surface area contributed by atoms with Gasteiger partial charge in [-0.2, -0.15) is 13.2 Å². The molecular weight excluding hydrogens is 451 g/mol. The summed E-state index contributed by atoms with van der Waals surface area (Å²) < 4.78 is 44.5. The molecule has 1 aromatic carbocycles. The van der Waals surface area contributed by atoms with E-state index in [2.05, 4.69) is 15.6 Å². The molecular formula is C24H20F3N3O2S. The van der Waals surface area contributed by atoms with Crippen molar-refractivity contribution in [1.82, 2.24) is 4.98 Å². The maximum absolute atomic E-state index is 13.1. The van der Waals surface area contributed by atoms with Crippen LogP contribution in [0.25, 0.3) is 0 Å². The minimum absolute atomic E-state index is 0.161. The minimum atomic E-state index is -4.43. The maximum Gasteiger partial charge on any atom is 0.416 e. The first kappa shape index (κ1) is 22.6. The van der Waals surface area contributed by atoms with Gasteiger partial charge in [-0.1, -0.05) is 18.2 Å². The van der Waals surface area contributed by atoms with E-state index in [1.807, 2.05) is 19.9 Å². The van der Waals surface area contributed by atoms with Crippen LogP contribution in [0.1, 0.15) is 43.7 Å². The molecule has 170 valence electrons. The van der Waals surface area contributed by atoms with Crippen molar-refractivity contribution >= 4 is 28.1 Å². The Bertz CT molecular complexity index is 1230. The topological polar surface area (TPSA) is 67.2 Å². The number of amides is 1. The molecule has 3 heterocycles. The molecule has 33 heavy (non-hydrogen) atoms. The number of hydrogen-bond donors (Lipinski definition) is 2. The predicted octanol–water partition coefficient (Wildman–Crippen LogP) is 6.83. The van der Waals surface area contributed by atoms with E-state index in [1.165, 1.54) is 29.7 Å². The van der Waals surface area contributed by atoms with E-state index in [9.17, 15) is 18.0 Å². The van der Waals surface area contributed by atoms with Crippen LogP contribution >= 0.6 is 11.3 Å². The second kappa shape index (κ2) is 9.11. The van der Waals surface area contributed by atoms with Gasteiger partial charge >= 0.3 is 6.18 Å². The van der Waals surface area contributed by atoms with Crippen LogP contribution in [0.5, 0.6) is 0 Å². The highest BCUT2D eigenvalue weighted by molar-refractivity contribution is 7.16. The van der Waals surface area contributed by atoms with Crippen LogP contribution in [-0.2, 0) is 6.18 Å². The maximum atomic E-state index is 13.1. The van der Waals surface area contributed by atoms with E-state index in [0.717, 1.165) is 28.1 Å². The van der Waals surface area contributed by atoms with Gasteiger partial charge in [0.05, 0.1) is 17.9 Å². The molecule has 1 atom stereocenters. The highest BCUT2D eigenvalue weighted by Gasteiger charge is 2.31. The third-order valence-electron chi connectivity index (χ3n) is 5.22. The van der Waals surface area contributed by atoms with E-state index in [0.29, 0.717) is 16.4 Å². The number of hydrogen-bond acceptors (Lipinski definition) is 5. The van der Waals surface area contributed by atoms with Crippen molar-refractivity contribution in [2.45, 2.75) is 26.1 Å². The lowest BCUT2D eigenvalue weighted by Crippen LogP contribution is -2.18. The van der Waals surface area contributed by atoms with Gasteiger partial charge in [-0.15, -0.1) is 11.3 Å². The number of nitrogens with one attached hydrogen (secondary N) is 2. The number of halogens is 3. The highest BCUT2D eigenvalue weighted by Crippen LogP contribution is 2.41. The van der Waals surface area contributed by atoms with Crippen molar-refractivity contribution in [1.29, 1.82) is 0 Å². The fraction of sp³-hybridized carbons (Fsp3) is 0.167. The molecule has 0 aliphatic rings. The summed E-state index contributed by atoms with van der Waals surface area (Å²) in [5.41, 5.74) is 1.54. The number of carbonyl (C=O) groups excluding carboxylic acids is 1. The van der Waals surface area contributed by atoms with Crippen LogP contribution in [0.15, 0.2) is 71.5 Å². The number of nitrogens with zero attached hydrogens (tertiary/aromatic N) is 1. The number of carbonyl (C=O) groups is 1. The number of aromatic nitrogens is 1. The summed E-state index contributed by atoms with van der Waals surface area (Å²) in [6.07, 6.45) is -1.40. The summed E-state index contributed by atoms with van der Waals surface area (Å²) in [7, 11) is 0. The van der Waals surface area contributed by atoms with Gasteiger partial charge < -0.3 is 15.1 Å². The lowest BCUT2D eigenvalue weighted by molar-refractivity contribution is -0.137. The van der Waals surface area contributed by atoms with Gasteiger partial charge in [0.15, 0.2) is 5.76 Å². The smallest absolute Gasteiger partial charge is 0.416 e. The monoisotopic (exact) mass is 471 g/mol. The van der Waals surface area contributed by atoms with Crippen LogP contribution < -0.4 is 10.6 Å². The number of furan rings is 1. The molecule has 4 aromatic rings. The van der Waals surface area contributed by atoms with Crippen LogP contribution in [-0.4, -0.2) is 10.9 Å². The third-order valence-corrected chi connectivity index (χ3v) is 6.36. The molecule has 0 spiro atoms. The molecule has 9 heteroatoms. The summed E-state index contributed by atoms with van der Waals surface area (Å²) in [5, 5.41) is 6.79. The second-order valence-corrected chi connectivity index (χ2v) is 8.59. The zero-order chi connectivity index (χ0) is 23.6. The Hall–Kier alpha value is -3.59. The van der Waals surface area contributed by atoms with E-state index >= 15 is 0 Å². The minimum Gasteiger partial charge on any atom is -0.459 e. The second-order valence-electron chi connectivity index (χ2n) is 7.37. The summed E-state index contributed by atoms with van der Waals surface area (Å²) >= 11 is 1.39. The van der Waals surface area contributed by atoms with Crippen LogP contribution in [0, 0.1) is 13.8 Å². The number of aryl methyl sites for hydroxylation is 1. The van der Waals surface area contributed by atoms with Crippen molar-refractivity contribution in [3.8, 4) is 0 Å². The molecule has 4 rings (SSSR count). The predicted molar refractivity (Wildman–Crippen MR) is 122 cm³/mol. The molecule has 1 amide bonds. The normalized spacial score (nSPS) is 12.4. The number of pyridine rings is 1. The number of thiophene rings is 1. The zero-order valence-corrected chi connectivity index (χ0v) is 18.6. The first-order valence-corrected chi connectivity index (χ1v) is 10.8. The summed E-state index contributed by atoms with van der Waals surface area (Å²) in [6.45, 7) is 3.84. The number of rotatable bonds is 6. The fourth-order valence-corrected chi connectivity index (χ4v) is 4.53. The first-order chi connectivity index (χ1) is 15.7. The van der Waals surface area contributed by atoms with Gasteiger partial charge in [0, 0.05) is 16.6 Å². The quantitative estimate of drug-likeness (QED) is 0.324. The molecule has 1 unspecified atom stereocenters. The highest BCUT2D eigenvalue weighted by atomic mass is 32.1. The fourth-order valence-electron chi connectivity index (χ4n) is 3.44. The van der Waals surface area contributed by atoms with Crippen molar-refractivity contribution in [2.75, 3.05) is 10.6 Å². The Labute approximate surface area is 192 Å². The van der Waals surface area contributed by atoms with Crippen molar-refractivity contribution < 1.29 is 22.4 Å². The Kier molecular flexibility index (Phi) is 6.24. The van der Waals surface area contributed by atoms with Crippen molar-refractivity contribution in [2.24, 2.45) is 0 Å². The summed E-state index contributed by atoms with van der Waals surface area (Å²) in [6, 6.07) is 13.0. The van der Waals surface area contributed by atoms with Crippen LogP contribution in [0.2, 0.25) is 0 Å². The third kappa shape index (κ3) is 4.93. The van der Waals surface area contributed by atoms with Gasteiger partial charge in [0.2, 0.25) is 0 Å². The molecule has 0 aliphatic carbocycles. The Morgan fingerprint density at radius 1 is 1.06 bits per heavy atom. The number of benzene rings is 1. The Morgan fingerprint density at radius 2 is 1.82 bits per heavy atom. The molecule has 0 bridgehead atoms. The molecule has 5 nitrogen and oxygen atoms in total. The Balaban J connectivity index is 1.78. The SMILES string of the molecule is Cc1sc(NC(=O)c2ccco2)c(C(Nc2ccccn2)c2ccc(C(F)(F)F)cc2)c1C. The molecule has 0 radical (unpaired) electrons. The van der Waals surface area contributed by atoms with E-state index in [4.69, 9.17) is 4.42 Å². The van der Waals surface area contributed by atoms with Gasteiger partial charge in [-0.25, -0.2) is 4.98 Å². The molecule has 3 aromatic heterocycles. The van der Waals surface area contributed by atoms with Crippen LogP contribution in [0.3, 0.4) is 0 Å². The van der Waals surface area contributed by atoms with Gasteiger partial charge in [0.25, 0.3) is 5.91 Å². The van der Waals surface area contributed by atoms with Crippen LogP contribution in [0.4, 0.5) is 24.0 Å². The van der Waals surface area contributed by atoms with Gasteiger partial charge in [0.1, 0.15) is 10.8 Å². The van der Waals surface area contributed by atoms with E-state index in [-0.39, 0.29) is 5.76 Å². The number of alkyl halides is 3. The van der Waals surface area contributed by atoms with Gasteiger partial charge in [-0.05, 0) is 61.4 Å². The largest absolute Gasteiger partial charge is 0.459 e. The molecule has 2 N–H and O–H groups in total. The Morgan fingerprint density at radius 3 is 2.42 bits per heavy atom.